The molecule has 1 aliphatic carbocycles. The molecule has 0 amide bonds. The number of hydrogen-bond donors (Lipinski definition) is 1. The van der Waals surface area contributed by atoms with Crippen LogP contribution in [0.5, 0.6) is 0 Å². The van der Waals surface area contributed by atoms with Gasteiger partial charge in [-0.1, -0.05) is 0 Å². The van der Waals surface area contributed by atoms with E-state index in [-0.39, 0.29) is 0 Å². The van der Waals surface area contributed by atoms with Crippen LogP contribution in [0.2, 0.25) is 0 Å². The number of pyridine rings is 1. The molecule has 1 atom stereocenters. The van der Waals surface area contributed by atoms with Crippen molar-refractivity contribution in [2.45, 2.75) is 38.6 Å². The van der Waals surface area contributed by atoms with E-state index in [0.29, 0.717) is 6.04 Å². The van der Waals surface area contributed by atoms with Gasteiger partial charge < -0.3 is 10.2 Å². The van der Waals surface area contributed by atoms with Crippen LogP contribution in [-0.4, -0.2) is 40.3 Å². The minimum absolute atomic E-state index is 0.695. The van der Waals surface area contributed by atoms with Crippen molar-refractivity contribution in [3.8, 4) is 0 Å². The molecule has 5 heteroatoms. The zero-order chi connectivity index (χ0) is 14.2. The Balaban J connectivity index is 1.67. The maximum atomic E-state index is 4.43. The molecular formula is C16H23N5. The first-order valence-electron chi connectivity index (χ1n) is 8.09. The molecule has 1 aliphatic heterocycles. The lowest BCUT2D eigenvalue weighted by molar-refractivity contribution is 0.375. The van der Waals surface area contributed by atoms with Crippen LogP contribution >= 0.6 is 0 Å². The van der Waals surface area contributed by atoms with Crippen LogP contribution in [0.15, 0.2) is 18.5 Å². The second kappa shape index (κ2) is 5.30. The SMILES string of the molecule is Cc1cc(N(CC2CCCNC2)C2CC2)n2ncnc2c1. The summed E-state index contributed by atoms with van der Waals surface area (Å²) >= 11 is 0. The molecule has 2 aliphatic rings. The summed E-state index contributed by atoms with van der Waals surface area (Å²) < 4.78 is 2.00. The highest BCUT2D eigenvalue weighted by Gasteiger charge is 2.32. The lowest BCUT2D eigenvalue weighted by atomic mass is 9.99. The maximum absolute atomic E-state index is 4.43. The van der Waals surface area contributed by atoms with Crippen LogP contribution < -0.4 is 10.2 Å². The highest BCUT2D eigenvalue weighted by Crippen LogP contribution is 2.33. The van der Waals surface area contributed by atoms with E-state index in [2.05, 4.69) is 39.4 Å². The van der Waals surface area contributed by atoms with E-state index in [0.717, 1.165) is 24.7 Å². The molecule has 3 heterocycles. The molecule has 0 spiro atoms. The molecule has 1 saturated heterocycles. The summed E-state index contributed by atoms with van der Waals surface area (Å²) in [6.45, 7) is 5.61. The summed E-state index contributed by atoms with van der Waals surface area (Å²) in [5.41, 5.74) is 2.22. The third-order valence-corrected chi connectivity index (χ3v) is 4.64. The van der Waals surface area contributed by atoms with Gasteiger partial charge in [0.15, 0.2) is 5.65 Å². The summed E-state index contributed by atoms with van der Waals surface area (Å²) in [6, 6.07) is 5.06. The summed E-state index contributed by atoms with van der Waals surface area (Å²) in [7, 11) is 0. The van der Waals surface area contributed by atoms with Crippen molar-refractivity contribution in [1.82, 2.24) is 19.9 Å². The van der Waals surface area contributed by atoms with Gasteiger partial charge in [-0.05, 0) is 69.3 Å². The summed E-state index contributed by atoms with van der Waals surface area (Å²) in [6.07, 6.45) is 6.92. The molecule has 0 aromatic carbocycles. The molecule has 0 bridgehead atoms. The summed E-state index contributed by atoms with van der Waals surface area (Å²) in [5.74, 6) is 1.97. The Hall–Kier alpha value is -1.62. The van der Waals surface area contributed by atoms with Gasteiger partial charge in [-0.15, -0.1) is 0 Å². The fourth-order valence-corrected chi connectivity index (χ4v) is 3.41. The van der Waals surface area contributed by atoms with E-state index < -0.39 is 0 Å². The van der Waals surface area contributed by atoms with Crippen LogP contribution in [-0.2, 0) is 0 Å². The molecule has 2 aromatic rings. The lowest BCUT2D eigenvalue weighted by Crippen LogP contribution is -2.40. The second-order valence-electron chi connectivity index (χ2n) is 6.52. The zero-order valence-corrected chi connectivity index (χ0v) is 12.6. The van der Waals surface area contributed by atoms with Crippen LogP contribution in [0.25, 0.3) is 5.65 Å². The topological polar surface area (TPSA) is 45.5 Å². The highest BCUT2D eigenvalue weighted by atomic mass is 15.4. The molecule has 2 fully saturated rings. The van der Waals surface area contributed by atoms with Crippen LogP contribution in [0.1, 0.15) is 31.2 Å². The highest BCUT2D eigenvalue weighted by molar-refractivity contribution is 5.54. The third kappa shape index (κ3) is 2.62. The quantitative estimate of drug-likeness (QED) is 0.933. The largest absolute Gasteiger partial charge is 0.353 e. The number of nitrogens with one attached hydrogen (secondary N) is 1. The number of hydrogen-bond acceptors (Lipinski definition) is 4. The predicted octanol–water partition coefficient (Wildman–Crippen LogP) is 2.01. The number of nitrogens with zero attached hydrogens (tertiary/aromatic N) is 4. The zero-order valence-electron chi connectivity index (χ0n) is 12.6. The van der Waals surface area contributed by atoms with Crippen molar-refractivity contribution in [3.63, 3.8) is 0 Å². The normalized spacial score (nSPS) is 22.6. The number of rotatable bonds is 4. The van der Waals surface area contributed by atoms with Gasteiger partial charge in [-0.2, -0.15) is 9.61 Å². The van der Waals surface area contributed by atoms with Gasteiger partial charge in [-0.25, -0.2) is 4.98 Å². The molecule has 1 unspecified atom stereocenters. The number of anilines is 1. The Morgan fingerprint density at radius 2 is 2.24 bits per heavy atom. The molecule has 21 heavy (non-hydrogen) atoms. The minimum Gasteiger partial charge on any atom is -0.353 e. The van der Waals surface area contributed by atoms with Gasteiger partial charge >= 0.3 is 0 Å². The summed E-state index contributed by atoms with van der Waals surface area (Å²) in [5, 5.41) is 7.97. The van der Waals surface area contributed by atoms with Crippen LogP contribution in [0, 0.1) is 12.8 Å². The van der Waals surface area contributed by atoms with Crippen molar-refractivity contribution < 1.29 is 0 Å². The van der Waals surface area contributed by atoms with E-state index in [1.165, 1.54) is 43.6 Å². The van der Waals surface area contributed by atoms with Gasteiger partial charge in [0.05, 0.1) is 0 Å². The van der Waals surface area contributed by atoms with Crippen molar-refractivity contribution in [2.75, 3.05) is 24.5 Å². The smallest absolute Gasteiger partial charge is 0.157 e. The Bertz CT molecular complexity index is 625. The van der Waals surface area contributed by atoms with Crippen molar-refractivity contribution in [2.24, 2.45) is 5.92 Å². The molecule has 1 saturated carbocycles. The fraction of sp³-hybridized carbons (Fsp3) is 0.625. The van der Waals surface area contributed by atoms with E-state index in [1.807, 2.05) is 4.52 Å². The number of fused-ring (bicyclic) bond motifs is 1. The van der Waals surface area contributed by atoms with Crippen LogP contribution in [0.3, 0.4) is 0 Å². The van der Waals surface area contributed by atoms with Crippen LogP contribution in [0.4, 0.5) is 5.82 Å². The van der Waals surface area contributed by atoms with E-state index in [9.17, 15) is 0 Å². The van der Waals surface area contributed by atoms with Gasteiger partial charge in [0.2, 0.25) is 0 Å². The average molecular weight is 285 g/mol. The van der Waals surface area contributed by atoms with Crippen molar-refractivity contribution in [1.29, 1.82) is 0 Å². The molecular weight excluding hydrogens is 262 g/mol. The first kappa shape index (κ1) is 13.1. The Morgan fingerprint density at radius 1 is 1.33 bits per heavy atom. The Labute approximate surface area is 125 Å². The molecule has 0 radical (unpaired) electrons. The van der Waals surface area contributed by atoms with Gasteiger partial charge in [0, 0.05) is 12.6 Å². The number of piperidine rings is 1. The molecule has 112 valence electrons. The lowest BCUT2D eigenvalue weighted by Gasteiger charge is -2.32. The fourth-order valence-electron chi connectivity index (χ4n) is 3.41. The second-order valence-corrected chi connectivity index (χ2v) is 6.52. The Kier molecular flexibility index (Phi) is 3.30. The first-order valence-corrected chi connectivity index (χ1v) is 8.09. The van der Waals surface area contributed by atoms with Gasteiger partial charge in [-0.3, -0.25) is 0 Å². The van der Waals surface area contributed by atoms with Crippen molar-refractivity contribution >= 4 is 11.5 Å². The molecule has 2 aromatic heterocycles. The monoisotopic (exact) mass is 285 g/mol. The molecule has 1 N–H and O–H groups in total. The van der Waals surface area contributed by atoms with E-state index >= 15 is 0 Å². The number of aromatic nitrogens is 3. The van der Waals surface area contributed by atoms with Crippen molar-refractivity contribution in [3.05, 3.63) is 24.0 Å². The third-order valence-electron chi connectivity index (χ3n) is 4.64. The maximum Gasteiger partial charge on any atom is 0.157 e. The molecule has 5 nitrogen and oxygen atoms in total. The minimum atomic E-state index is 0.695. The summed E-state index contributed by atoms with van der Waals surface area (Å²) in [4.78, 5) is 6.94. The van der Waals surface area contributed by atoms with E-state index in [4.69, 9.17) is 0 Å². The average Bonchev–Trinajstić information content (AvgIpc) is 3.23. The standard InChI is InChI=1S/C16H23N5/c1-12-7-15-18-11-19-21(15)16(8-12)20(14-4-5-14)10-13-3-2-6-17-9-13/h7-8,11,13-14,17H,2-6,9-10H2,1H3. The first-order chi connectivity index (χ1) is 10.3. The Morgan fingerprint density at radius 3 is 3.00 bits per heavy atom. The van der Waals surface area contributed by atoms with Gasteiger partial charge in [0.1, 0.15) is 12.1 Å². The number of aryl methyl sites for hydroxylation is 1. The van der Waals surface area contributed by atoms with E-state index in [1.54, 1.807) is 6.33 Å². The molecule has 4 rings (SSSR count). The predicted molar refractivity (Wildman–Crippen MR) is 83.7 cm³/mol. The van der Waals surface area contributed by atoms with Gasteiger partial charge in [0.25, 0.3) is 0 Å².